The summed E-state index contributed by atoms with van der Waals surface area (Å²) in [5.74, 6) is -0.264. The number of carbonyl (C=O) groups is 1. The van der Waals surface area contributed by atoms with E-state index >= 15 is 0 Å². The van der Waals surface area contributed by atoms with Crippen LogP contribution in [0.1, 0.15) is 10.6 Å². The highest BCUT2D eigenvalue weighted by atomic mass is 35.5. The highest BCUT2D eigenvalue weighted by Gasteiger charge is 2.15. The molecule has 0 saturated carbocycles. The lowest BCUT2D eigenvalue weighted by atomic mass is 10.4. The maximum Gasteiger partial charge on any atom is 0.287 e. The van der Waals surface area contributed by atoms with Crippen LogP contribution in [-0.2, 0) is 10.0 Å². The van der Waals surface area contributed by atoms with Crippen LogP contribution < -0.4 is 10.0 Å². The second-order valence-corrected chi connectivity index (χ2v) is 6.88. The van der Waals surface area contributed by atoms with Gasteiger partial charge in [0.15, 0.2) is 5.76 Å². The van der Waals surface area contributed by atoms with E-state index in [1.165, 1.54) is 30.5 Å². The zero-order valence-electron chi connectivity index (χ0n) is 11.2. The van der Waals surface area contributed by atoms with Crippen LogP contribution in [0.15, 0.2) is 45.9 Å². The molecule has 22 heavy (non-hydrogen) atoms. The first-order valence-corrected chi connectivity index (χ1v) is 8.40. The summed E-state index contributed by atoms with van der Waals surface area (Å²) in [5, 5.41) is 2.96. The van der Waals surface area contributed by atoms with Gasteiger partial charge in [-0.1, -0.05) is 23.2 Å². The van der Waals surface area contributed by atoms with E-state index in [0.717, 1.165) is 0 Å². The summed E-state index contributed by atoms with van der Waals surface area (Å²) in [6.07, 6.45) is 1.38. The summed E-state index contributed by atoms with van der Waals surface area (Å²) in [7, 11) is -3.75. The van der Waals surface area contributed by atoms with Crippen molar-refractivity contribution in [2.75, 3.05) is 13.1 Å². The number of furan rings is 1. The van der Waals surface area contributed by atoms with Crippen LogP contribution in [0.4, 0.5) is 0 Å². The molecule has 0 aliphatic rings. The monoisotopic (exact) mass is 362 g/mol. The molecule has 1 aromatic heterocycles. The van der Waals surface area contributed by atoms with Gasteiger partial charge in [-0.3, -0.25) is 4.79 Å². The highest BCUT2D eigenvalue weighted by molar-refractivity contribution is 7.89. The topological polar surface area (TPSA) is 88.4 Å². The maximum atomic E-state index is 12.1. The molecule has 0 aliphatic heterocycles. The molecule has 0 fully saturated rings. The number of rotatable bonds is 6. The summed E-state index contributed by atoms with van der Waals surface area (Å²) in [4.78, 5) is 11.5. The average Bonchev–Trinajstić information content (AvgIpc) is 2.96. The fourth-order valence-corrected chi connectivity index (χ4v) is 3.38. The molecule has 0 aliphatic carbocycles. The number of hydrogen-bond donors (Lipinski definition) is 2. The van der Waals surface area contributed by atoms with Gasteiger partial charge >= 0.3 is 0 Å². The van der Waals surface area contributed by atoms with Crippen molar-refractivity contribution in [3.63, 3.8) is 0 Å². The van der Waals surface area contributed by atoms with Gasteiger partial charge in [0.05, 0.1) is 11.2 Å². The van der Waals surface area contributed by atoms with Gasteiger partial charge in [-0.15, -0.1) is 0 Å². The first-order chi connectivity index (χ1) is 10.4. The van der Waals surface area contributed by atoms with Crippen LogP contribution in [0.3, 0.4) is 0 Å². The molecular formula is C13H12Cl2N2O4S. The van der Waals surface area contributed by atoms with Gasteiger partial charge in [0.1, 0.15) is 0 Å². The van der Waals surface area contributed by atoms with Gasteiger partial charge in [0.2, 0.25) is 10.0 Å². The lowest BCUT2D eigenvalue weighted by molar-refractivity contribution is 0.0926. The van der Waals surface area contributed by atoms with Crippen LogP contribution in [0.2, 0.25) is 10.0 Å². The Morgan fingerprint density at radius 2 is 1.82 bits per heavy atom. The van der Waals surface area contributed by atoms with Gasteiger partial charge in [-0.25, -0.2) is 13.1 Å². The van der Waals surface area contributed by atoms with E-state index in [1.54, 1.807) is 6.07 Å². The molecule has 6 nitrogen and oxygen atoms in total. The Hall–Kier alpha value is -1.54. The van der Waals surface area contributed by atoms with E-state index in [0.29, 0.717) is 0 Å². The van der Waals surface area contributed by atoms with Crippen LogP contribution >= 0.6 is 23.2 Å². The molecule has 0 unspecified atom stereocenters. The van der Waals surface area contributed by atoms with Crippen molar-refractivity contribution in [1.29, 1.82) is 0 Å². The SMILES string of the molecule is O=C(NCCNS(=O)(=O)c1cc(Cl)cc(Cl)c1)c1ccco1. The number of carbonyl (C=O) groups excluding carboxylic acids is 1. The lowest BCUT2D eigenvalue weighted by Gasteiger charge is -2.08. The summed E-state index contributed by atoms with van der Waals surface area (Å²) < 4.78 is 31.3. The number of sulfonamides is 1. The molecule has 0 atom stereocenters. The third-order valence-corrected chi connectivity index (χ3v) is 4.47. The average molecular weight is 363 g/mol. The van der Waals surface area contributed by atoms with Crippen LogP contribution in [0, 0.1) is 0 Å². The van der Waals surface area contributed by atoms with E-state index in [1.807, 2.05) is 0 Å². The van der Waals surface area contributed by atoms with Gasteiger partial charge in [-0.2, -0.15) is 0 Å². The molecule has 0 bridgehead atoms. The van der Waals surface area contributed by atoms with Crippen molar-refractivity contribution >= 4 is 39.1 Å². The number of nitrogens with one attached hydrogen (secondary N) is 2. The molecule has 1 heterocycles. The quantitative estimate of drug-likeness (QED) is 0.771. The Bertz CT molecular complexity index is 740. The molecule has 1 aromatic carbocycles. The predicted molar refractivity (Wildman–Crippen MR) is 82.7 cm³/mol. The molecule has 2 N–H and O–H groups in total. The minimum atomic E-state index is -3.75. The standard InChI is InChI=1S/C13H12Cl2N2O4S/c14-9-6-10(15)8-11(7-9)22(19,20)17-4-3-16-13(18)12-2-1-5-21-12/h1-2,5-8,17H,3-4H2,(H,16,18). The summed E-state index contributed by atoms with van der Waals surface area (Å²) >= 11 is 11.5. The first-order valence-electron chi connectivity index (χ1n) is 6.16. The largest absolute Gasteiger partial charge is 0.459 e. The molecular weight excluding hydrogens is 351 g/mol. The predicted octanol–water partition coefficient (Wildman–Crippen LogP) is 2.29. The van der Waals surface area contributed by atoms with Gasteiger partial charge < -0.3 is 9.73 Å². The molecule has 0 radical (unpaired) electrons. The Balaban J connectivity index is 1.89. The highest BCUT2D eigenvalue weighted by Crippen LogP contribution is 2.21. The van der Waals surface area contributed by atoms with Crippen LogP contribution in [0.5, 0.6) is 0 Å². The summed E-state index contributed by atoms with van der Waals surface area (Å²) in [6.45, 7) is 0.117. The van der Waals surface area contributed by atoms with Crippen molar-refractivity contribution in [3.8, 4) is 0 Å². The third-order valence-electron chi connectivity index (χ3n) is 2.59. The zero-order chi connectivity index (χ0) is 16.2. The Kier molecular flexibility index (Phi) is 5.47. The fraction of sp³-hybridized carbons (Fsp3) is 0.154. The lowest BCUT2D eigenvalue weighted by Crippen LogP contribution is -2.34. The van der Waals surface area contributed by atoms with Crippen LogP contribution in [0.25, 0.3) is 0 Å². The maximum absolute atomic E-state index is 12.1. The van der Waals surface area contributed by atoms with E-state index in [-0.39, 0.29) is 33.8 Å². The van der Waals surface area contributed by atoms with Crippen molar-refractivity contribution in [2.24, 2.45) is 0 Å². The van der Waals surface area contributed by atoms with Crippen molar-refractivity contribution in [3.05, 3.63) is 52.4 Å². The third kappa shape index (κ3) is 4.48. The van der Waals surface area contributed by atoms with Crippen molar-refractivity contribution in [1.82, 2.24) is 10.0 Å². The smallest absolute Gasteiger partial charge is 0.287 e. The van der Waals surface area contributed by atoms with E-state index < -0.39 is 15.9 Å². The normalized spacial score (nSPS) is 11.4. The second-order valence-electron chi connectivity index (χ2n) is 4.24. The van der Waals surface area contributed by atoms with Gasteiger partial charge in [0.25, 0.3) is 5.91 Å². The minimum Gasteiger partial charge on any atom is -0.459 e. The Morgan fingerprint density at radius 3 is 2.41 bits per heavy atom. The van der Waals surface area contributed by atoms with E-state index in [4.69, 9.17) is 27.6 Å². The molecule has 1 amide bonds. The van der Waals surface area contributed by atoms with E-state index in [2.05, 4.69) is 10.0 Å². The van der Waals surface area contributed by atoms with Gasteiger partial charge in [0, 0.05) is 23.1 Å². The van der Waals surface area contributed by atoms with E-state index in [9.17, 15) is 13.2 Å². The second kappa shape index (κ2) is 7.15. The zero-order valence-corrected chi connectivity index (χ0v) is 13.5. The molecule has 118 valence electrons. The van der Waals surface area contributed by atoms with Gasteiger partial charge in [-0.05, 0) is 30.3 Å². The molecule has 0 spiro atoms. The first kappa shape index (κ1) is 16.8. The molecule has 2 rings (SSSR count). The fourth-order valence-electron chi connectivity index (χ4n) is 1.62. The molecule has 0 saturated heterocycles. The van der Waals surface area contributed by atoms with Crippen molar-refractivity contribution in [2.45, 2.75) is 4.90 Å². The number of amides is 1. The molecule has 2 aromatic rings. The Morgan fingerprint density at radius 1 is 1.14 bits per heavy atom. The Labute approximate surface area is 137 Å². The number of hydrogen-bond acceptors (Lipinski definition) is 4. The number of benzene rings is 1. The molecule has 9 heteroatoms. The minimum absolute atomic E-state index is 0.0128. The summed E-state index contributed by atoms with van der Waals surface area (Å²) in [6, 6.07) is 7.11. The summed E-state index contributed by atoms with van der Waals surface area (Å²) in [5.41, 5.74) is 0. The van der Waals surface area contributed by atoms with Crippen LogP contribution in [-0.4, -0.2) is 27.4 Å². The van der Waals surface area contributed by atoms with Crippen molar-refractivity contribution < 1.29 is 17.6 Å². The number of halogens is 2.